The van der Waals surface area contributed by atoms with E-state index in [2.05, 4.69) is 9.97 Å². The molecule has 1 aliphatic heterocycles. The Balaban J connectivity index is 1.51. The number of carbonyl (C=O) groups is 1. The molecule has 0 spiro atoms. The van der Waals surface area contributed by atoms with Gasteiger partial charge in [0.05, 0.1) is 22.9 Å². The molecule has 4 heterocycles. The summed E-state index contributed by atoms with van der Waals surface area (Å²) in [6, 6.07) is 14.2. The molecule has 4 aromatic rings. The van der Waals surface area contributed by atoms with Gasteiger partial charge in [0.25, 0.3) is 5.91 Å². The number of carbonyl (C=O) groups excluding carboxylic acids is 1. The minimum atomic E-state index is -2.78. The summed E-state index contributed by atoms with van der Waals surface area (Å²) in [6.45, 7) is 2.17. The summed E-state index contributed by atoms with van der Waals surface area (Å²) in [6.07, 6.45) is 4.73. The van der Waals surface area contributed by atoms with Crippen molar-refractivity contribution in [1.82, 2.24) is 14.9 Å². The molecule has 0 saturated carbocycles. The lowest BCUT2D eigenvalue weighted by Crippen LogP contribution is -2.41. The van der Waals surface area contributed by atoms with E-state index in [-0.39, 0.29) is 5.91 Å². The van der Waals surface area contributed by atoms with E-state index >= 15 is 0 Å². The van der Waals surface area contributed by atoms with Gasteiger partial charge in [0.15, 0.2) is 5.58 Å². The zero-order valence-electron chi connectivity index (χ0n) is 18.0. The highest BCUT2D eigenvalue weighted by Gasteiger charge is 2.21. The highest BCUT2D eigenvalue weighted by molar-refractivity contribution is 7.91. The van der Waals surface area contributed by atoms with Crippen LogP contribution < -0.4 is 0 Å². The van der Waals surface area contributed by atoms with Crippen molar-refractivity contribution in [3.05, 3.63) is 66.6 Å². The maximum Gasteiger partial charge on any atom is 0.272 e. The number of hydrogen-bond donors (Lipinski definition) is 1. The summed E-state index contributed by atoms with van der Waals surface area (Å²) in [5, 5.41) is 0. The third-order valence-corrected chi connectivity index (χ3v) is 6.76. The molecular weight excluding hydrogens is 440 g/mol. The topological polar surface area (TPSA) is 109 Å². The number of nitrogens with one attached hydrogen (secondary N) is 1. The number of hydrogen-bond acceptors (Lipinski definition) is 7. The van der Waals surface area contributed by atoms with Crippen molar-refractivity contribution in [1.29, 1.82) is 4.78 Å². The molecule has 1 aliphatic rings. The molecule has 1 atom stereocenters. The number of nitrogens with zero attached hydrogens (tertiary/aromatic N) is 3. The summed E-state index contributed by atoms with van der Waals surface area (Å²) in [5.41, 5.74) is 4.08. The fourth-order valence-corrected chi connectivity index (χ4v) is 4.49. The van der Waals surface area contributed by atoms with E-state index in [1.807, 2.05) is 18.2 Å². The Labute approximate surface area is 191 Å². The monoisotopic (exact) mass is 462 g/mol. The standard InChI is InChI=1S/C24H22N4O4S/c1-33(25,30)18-4-2-16(3-5-18)22-15-20-23(32-22)19(7-9-26-20)17-6-8-27-21(14-17)24(29)28-10-12-31-13-11-28/h2-9,14-15,25H,10-13H2,1H3. The second-order valence-electron chi connectivity index (χ2n) is 7.89. The van der Waals surface area contributed by atoms with Crippen molar-refractivity contribution < 1.29 is 18.2 Å². The van der Waals surface area contributed by atoms with Gasteiger partial charge in [0, 0.05) is 53.8 Å². The molecule has 1 aromatic carbocycles. The fourth-order valence-electron chi connectivity index (χ4n) is 3.83. The number of amides is 1. The van der Waals surface area contributed by atoms with Crippen LogP contribution in [-0.4, -0.2) is 57.5 Å². The summed E-state index contributed by atoms with van der Waals surface area (Å²) < 4.78 is 31.2. The van der Waals surface area contributed by atoms with Gasteiger partial charge in [-0.05, 0) is 35.9 Å². The average Bonchev–Trinajstić information content (AvgIpc) is 3.28. The Morgan fingerprint density at radius 3 is 2.45 bits per heavy atom. The Morgan fingerprint density at radius 1 is 1.00 bits per heavy atom. The largest absolute Gasteiger partial charge is 0.454 e. The Hall–Kier alpha value is -3.56. The maximum absolute atomic E-state index is 12.9. The fraction of sp³-hybridized carbons (Fsp3) is 0.208. The predicted octanol–water partition coefficient (Wildman–Crippen LogP) is 4.06. The number of fused-ring (bicyclic) bond motifs is 1. The molecule has 9 heteroatoms. The molecule has 0 radical (unpaired) electrons. The van der Waals surface area contributed by atoms with E-state index in [1.165, 1.54) is 6.26 Å². The first-order valence-corrected chi connectivity index (χ1v) is 12.4. The number of ether oxygens (including phenoxy) is 1. The SMILES string of the molecule is CS(=N)(=O)c1ccc(-c2cc3nccc(-c4ccnc(C(=O)N5CCOCC5)c4)c3o2)cc1. The minimum absolute atomic E-state index is 0.118. The number of aromatic nitrogens is 2. The van der Waals surface area contributed by atoms with Crippen LogP contribution in [0.2, 0.25) is 0 Å². The molecule has 8 nitrogen and oxygen atoms in total. The van der Waals surface area contributed by atoms with Crippen molar-refractivity contribution in [3.8, 4) is 22.5 Å². The zero-order valence-corrected chi connectivity index (χ0v) is 18.8. The van der Waals surface area contributed by atoms with Gasteiger partial charge in [-0.25, -0.2) is 8.99 Å². The van der Waals surface area contributed by atoms with Crippen LogP contribution in [-0.2, 0) is 14.5 Å². The quantitative estimate of drug-likeness (QED) is 0.490. The van der Waals surface area contributed by atoms with E-state index in [4.69, 9.17) is 13.9 Å². The van der Waals surface area contributed by atoms with Crippen LogP contribution in [0.3, 0.4) is 0 Å². The minimum Gasteiger partial charge on any atom is -0.454 e. The molecule has 5 rings (SSSR count). The van der Waals surface area contributed by atoms with Crippen molar-refractivity contribution in [2.75, 3.05) is 32.6 Å². The lowest BCUT2D eigenvalue weighted by molar-refractivity contribution is 0.0299. The summed E-state index contributed by atoms with van der Waals surface area (Å²) in [5.74, 6) is 0.496. The molecule has 33 heavy (non-hydrogen) atoms. The average molecular weight is 463 g/mol. The van der Waals surface area contributed by atoms with Crippen LogP contribution in [0.4, 0.5) is 0 Å². The van der Waals surface area contributed by atoms with Crippen LogP contribution >= 0.6 is 0 Å². The Bertz CT molecular complexity index is 1440. The lowest BCUT2D eigenvalue weighted by Gasteiger charge is -2.26. The highest BCUT2D eigenvalue weighted by Crippen LogP contribution is 2.34. The number of rotatable bonds is 4. The van der Waals surface area contributed by atoms with Crippen LogP contribution in [0.15, 0.2) is 70.2 Å². The molecule has 0 bridgehead atoms. The van der Waals surface area contributed by atoms with Gasteiger partial charge in [-0.15, -0.1) is 0 Å². The number of benzene rings is 1. The van der Waals surface area contributed by atoms with Gasteiger partial charge in [-0.2, -0.15) is 0 Å². The van der Waals surface area contributed by atoms with E-state index < -0.39 is 9.73 Å². The Kier molecular flexibility index (Phi) is 5.43. The molecule has 1 saturated heterocycles. The predicted molar refractivity (Wildman–Crippen MR) is 124 cm³/mol. The van der Waals surface area contributed by atoms with Crippen LogP contribution in [0, 0.1) is 4.78 Å². The van der Waals surface area contributed by atoms with Crippen molar-refractivity contribution >= 4 is 26.7 Å². The van der Waals surface area contributed by atoms with Gasteiger partial charge in [0.1, 0.15) is 17.0 Å². The molecule has 1 amide bonds. The molecule has 3 aromatic heterocycles. The normalized spacial score (nSPS) is 16.0. The van der Waals surface area contributed by atoms with Gasteiger partial charge in [-0.3, -0.25) is 14.8 Å². The zero-order chi connectivity index (χ0) is 23.0. The second-order valence-corrected chi connectivity index (χ2v) is 10.0. The van der Waals surface area contributed by atoms with Crippen LogP contribution in [0.25, 0.3) is 33.6 Å². The van der Waals surface area contributed by atoms with E-state index in [1.54, 1.807) is 47.6 Å². The first-order chi connectivity index (χ1) is 15.9. The molecule has 1 N–H and O–H groups in total. The van der Waals surface area contributed by atoms with Crippen molar-refractivity contribution in [3.63, 3.8) is 0 Å². The summed E-state index contributed by atoms with van der Waals surface area (Å²) >= 11 is 0. The van der Waals surface area contributed by atoms with Crippen molar-refractivity contribution in [2.45, 2.75) is 4.90 Å². The molecular formula is C24H22N4O4S. The third kappa shape index (κ3) is 4.24. The van der Waals surface area contributed by atoms with Gasteiger partial charge in [0.2, 0.25) is 0 Å². The van der Waals surface area contributed by atoms with Gasteiger partial charge >= 0.3 is 0 Å². The van der Waals surface area contributed by atoms with Crippen LogP contribution in [0.1, 0.15) is 10.5 Å². The molecule has 0 aliphatic carbocycles. The summed E-state index contributed by atoms with van der Waals surface area (Å²) in [4.78, 5) is 23.8. The summed E-state index contributed by atoms with van der Waals surface area (Å²) in [7, 11) is -2.78. The number of furan rings is 1. The van der Waals surface area contributed by atoms with Gasteiger partial charge in [-0.1, -0.05) is 12.1 Å². The van der Waals surface area contributed by atoms with E-state index in [0.29, 0.717) is 53.8 Å². The number of morpholine rings is 1. The lowest BCUT2D eigenvalue weighted by atomic mass is 10.1. The second kappa shape index (κ2) is 8.42. The maximum atomic E-state index is 12.9. The first kappa shape index (κ1) is 21.3. The van der Waals surface area contributed by atoms with E-state index in [9.17, 15) is 9.00 Å². The third-order valence-electron chi connectivity index (χ3n) is 5.59. The smallest absolute Gasteiger partial charge is 0.272 e. The van der Waals surface area contributed by atoms with Crippen molar-refractivity contribution in [2.24, 2.45) is 0 Å². The molecule has 1 fully saturated rings. The highest BCUT2D eigenvalue weighted by atomic mass is 32.2. The van der Waals surface area contributed by atoms with E-state index in [0.717, 1.165) is 16.7 Å². The number of pyridine rings is 2. The Morgan fingerprint density at radius 2 is 1.73 bits per heavy atom. The molecule has 168 valence electrons. The van der Waals surface area contributed by atoms with Crippen LogP contribution in [0.5, 0.6) is 0 Å². The first-order valence-electron chi connectivity index (χ1n) is 10.5. The molecule has 1 unspecified atom stereocenters. The van der Waals surface area contributed by atoms with Gasteiger partial charge < -0.3 is 14.1 Å².